The molecule has 6 heteroatoms. The zero-order valence-electron chi connectivity index (χ0n) is 13.6. The first-order valence-electron chi connectivity index (χ1n) is 7.55. The molecule has 2 N–H and O–H groups in total. The van der Waals surface area contributed by atoms with Crippen LogP contribution in [0.25, 0.3) is 0 Å². The Labute approximate surface area is 160 Å². The number of hydrogen-bond acceptors (Lipinski definition) is 1. The molecule has 23 heavy (non-hydrogen) atoms. The topological polar surface area (TPSA) is 41.4 Å². The molecule has 0 unspecified atom stereocenters. The van der Waals surface area contributed by atoms with Gasteiger partial charge in [-0.15, -0.1) is 24.0 Å². The van der Waals surface area contributed by atoms with E-state index in [4.69, 9.17) is 11.6 Å². The lowest BCUT2D eigenvalue weighted by molar-refractivity contribution is 0.799. The van der Waals surface area contributed by atoms with E-state index in [1.165, 1.54) is 11.1 Å². The third-order valence-electron chi connectivity index (χ3n) is 3.25. The Kier molecular flexibility index (Phi) is 9.09. The molecular weight excluding hydrogens is 423 g/mol. The van der Waals surface area contributed by atoms with E-state index in [0.29, 0.717) is 6.54 Å². The van der Waals surface area contributed by atoms with Crippen LogP contribution in [0.5, 0.6) is 0 Å². The first kappa shape index (κ1) is 19.8. The van der Waals surface area contributed by atoms with Gasteiger partial charge in [0.25, 0.3) is 0 Å². The van der Waals surface area contributed by atoms with Crippen molar-refractivity contribution in [3.8, 4) is 0 Å². The molecule has 2 rings (SSSR count). The molecule has 4 nitrogen and oxygen atoms in total. The summed E-state index contributed by atoms with van der Waals surface area (Å²) < 4.78 is 2.03. The number of halogens is 2. The molecule has 0 radical (unpaired) electrons. The van der Waals surface area contributed by atoms with Crippen molar-refractivity contribution >= 4 is 41.5 Å². The van der Waals surface area contributed by atoms with Crippen molar-refractivity contribution in [1.29, 1.82) is 0 Å². The number of aliphatic imine (C=N–C) groups is 1. The highest BCUT2D eigenvalue weighted by Gasteiger charge is 1.99. The lowest BCUT2D eigenvalue weighted by Gasteiger charge is -2.11. The van der Waals surface area contributed by atoms with Gasteiger partial charge in [0.1, 0.15) is 0 Å². The molecule has 0 fully saturated rings. The molecule has 0 spiro atoms. The molecule has 0 aliphatic rings. The Morgan fingerprint density at radius 2 is 2.04 bits per heavy atom. The Morgan fingerprint density at radius 3 is 2.70 bits per heavy atom. The molecule has 0 saturated carbocycles. The van der Waals surface area contributed by atoms with Crippen molar-refractivity contribution in [3.63, 3.8) is 0 Å². The van der Waals surface area contributed by atoms with Gasteiger partial charge in [-0.2, -0.15) is 0 Å². The highest BCUT2D eigenvalue weighted by atomic mass is 127. The minimum Gasteiger partial charge on any atom is -0.357 e. The van der Waals surface area contributed by atoms with Crippen LogP contribution < -0.4 is 10.6 Å². The van der Waals surface area contributed by atoms with Gasteiger partial charge in [0.15, 0.2) is 5.96 Å². The van der Waals surface area contributed by atoms with E-state index in [0.717, 1.165) is 30.5 Å². The van der Waals surface area contributed by atoms with Gasteiger partial charge in [0.2, 0.25) is 0 Å². The molecule has 0 atom stereocenters. The van der Waals surface area contributed by atoms with E-state index in [9.17, 15) is 0 Å². The van der Waals surface area contributed by atoms with E-state index in [1.807, 2.05) is 36.0 Å². The van der Waals surface area contributed by atoms with Crippen LogP contribution in [0.3, 0.4) is 0 Å². The number of aryl methyl sites for hydroxylation is 1. The van der Waals surface area contributed by atoms with Crippen molar-refractivity contribution < 1.29 is 0 Å². The molecule has 0 aliphatic heterocycles. The predicted octanol–water partition coefficient (Wildman–Crippen LogP) is 3.59. The average Bonchev–Trinajstić information content (AvgIpc) is 2.90. The van der Waals surface area contributed by atoms with Crippen molar-refractivity contribution in [2.75, 3.05) is 13.1 Å². The molecule has 1 heterocycles. The lowest BCUT2D eigenvalue weighted by Crippen LogP contribution is -2.38. The summed E-state index contributed by atoms with van der Waals surface area (Å²) in [7, 11) is 2.02. The number of hydrogen-bond donors (Lipinski definition) is 2. The van der Waals surface area contributed by atoms with Crippen LogP contribution in [-0.2, 0) is 20.0 Å². The van der Waals surface area contributed by atoms with Crippen molar-refractivity contribution in [2.45, 2.75) is 19.9 Å². The monoisotopic (exact) mass is 446 g/mol. The Balaban J connectivity index is 0.00000264. The van der Waals surface area contributed by atoms with Crippen LogP contribution in [0.15, 0.2) is 47.7 Å². The summed E-state index contributed by atoms with van der Waals surface area (Å²) in [5.41, 5.74) is 2.42. The van der Waals surface area contributed by atoms with Crippen LogP contribution in [0.2, 0.25) is 5.02 Å². The van der Waals surface area contributed by atoms with Gasteiger partial charge in [-0.25, -0.2) is 4.99 Å². The number of aromatic nitrogens is 1. The average molecular weight is 447 g/mol. The van der Waals surface area contributed by atoms with Gasteiger partial charge < -0.3 is 15.2 Å². The maximum Gasteiger partial charge on any atom is 0.191 e. The number of nitrogens with one attached hydrogen (secondary N) is 2. The Hall–Kier alpha value is -1.21. The molecule has 2 aromatic rings. The maximum atomic E-state index is 6.00. The van der Waals surface area contributed by atoms with E-state index in [2.05, 4.69) is 40.9 Å². The SMILES string of the molecule is CCNC(=NCc1ccn(C)c1)NCCc1cccc(Cl)c1.I. The second-order valence-corrected chi connectivity index (χ2v) is 5.62. The molecular formula is C17H24ClIN4. The quantitative estimate of drug-likeness (QED) is 0.404. The highest BCUT2D eigenvalue weighted by Crippen LogP contribution is 2.10. The van der Waals surface area contributed by atoms with Gasteiger partial charge >= 0.3 is 0 Å². The second kappa shape index (κ2) is 10.5. The van der Waals surface area contributed by atoms with Crippen LogP contribution in [0, 0.1) is 0 Å². The number of rotatable bonds is 6. The first-order chi connectivity index (χ1) is 10.7. The Bertz CT molecular complexity index is 625. The first-order valence-corrected chi connectivity index (χ1v) is 7.92. The number of benzene rings is 1. The maximum absolute atomic E-state index is 6.00. The highest BCUT2D eigenvalue weighted by molar-refractivity contribution is 14.0. The number of guanidine groups is 1. The fraction of sp³-hybridized carbons (Fsp3) is 0.353. The van der Waals surface area contributed by atoms with Crippen molar-refractivity contribution in [2.24, 2.45) is 12.0 Å². The van der Waals surface area contributed by atoms with Crippen LogP contribution >= 0.6 is 35.6 Å². The fourth-order valence-electron chi connectivity index (χ4n) is 2.18. The van der Waals surface area contributed by atoms with Gasteiger partial charge in [-0.1, -0.05) is 23.7 Å². The minimum atomic E-state index is 0. The van der Waals surface area contributed by atoms with E-state index < -0.39 is 0 Å². The zero-order chi connectivity index (χ0) is 15.8. The van der Waals surface area contributed by atoms with E-state index in [1.54, 1.807) is 0 Å². The van der Waals surface area contributed by atoms with Crippen molar-refractivity contribution in [3.05, 3.63) is 58.9 Å². The molecule has 0 saturated heterocycles. The normalized spacial score (nSPS) is 11.0. The molecule has 0 bridgehead atoms. The van der Waals surface area contributed by atoms with Gasteiger partial charge in [0.05, 0.1) is 6.54 Å². The second-order valence-electron chi connectivity index (χ2n) is 5.19. The predicted molar refractivity (Wildman–Crippen MR) is 109 cm³/mol. The lowest BCUT2D eigenvalue weighted by atomic mass is 10.1. The van der Waals surface area contributed by atoms with Crippen molar-refractivity contribution in [1.82, 2.24) is 15.2 Å². The fourth-order valence-corrected chi connectivity index (χ4v) is 2.40. The van der Waals surface area contributed by atoms with Crippen LogP contribution in [0.4, 0.5) is 0 Å². The smallest absolute Gasteiger partial charge is 0.191 e. The largest absolute Gasteiger partial charge is 0.357 e. The van der Waals surface area contributed by atoms with Gasteiger partial charge in [0, 0.05) is 37.6 Å². The summed E-state index contributed by atoms with van der Waals surface area (Å²) in [5, 5.41) is 7.40. The standard InChI is InChI=1S/C17H23ClN4.HI/c1-3-19-17(21-12-15-8-10-22(2)13-15)20-9-7-14-5-4-6-16(18)11-14;/h4-6,8,10-11,13H,3,7,9,12H2,1-2H3,(H2,19,20,21);1H. The molecule has 0 amide bonds. The summed E-state index contributed by atoms with van der Waals surface area (Å²) in [6.45, 7) is 4.41. The van der Waals surface area contributed by atoms with Gasteiger partial charge in [-0.05, 0) is 42.7 Å². The molecule has 1 aromatic carbocycles. The molecule has 126 valence electrons. The summed E-state index contributed by atoms with van der Waals surface area (Å²) >= 11 is 6.00. The minimum absolute atomic E-state index is 0. The zero-order valence-corrected chi connectivity index (χ0v) is 16.6. The molecule has 0 aliphatic carbocycles. The summed E-state index contributed by atoms with van der Waals surface area (Å²) in [6.07, 6.45) is 5.03. The van der Waals surface area contributed by atoms with E-state index in [-0.39, 0.29) is 24.0 Å². The van der Waals surface area contributed by atoms with Crippen LogP contribution in [0.1, 0.15) is 18.1 Å². The summed E-state index contributed by atoms with van der Waals surface area (Å²) in [5.74, 6) is 0.841. The van der Waals surface area contributed by atoms with Gasteiger partial charge in [-0.3, -0.25) is 0 Å². The third-order valence-corrected chi connectivity index (χ3v) is 3.49. The Morgan fingerprint density at radius 1 is 1.22 bits per heavy atom. The molecule has 1 aromatic heterocycles. The summed E-state index contributed by atoms with van der Waals surface area (Å²) in [4.78, 5) is 4.60. The van der Waals surface area contributed by atoms with E-state index >= 15 is 0 Å². The van der Waals surface area contributed by atoms with Crippen LogP contribution in [-0.4, -0.2) is 23.6 Å². The third kappa shape index (κ3) is 7.26. The number of nitrogens with zero attached hydrogens (tertiary/aromatic N) is 2. The summed E-state index contributed by atoms with van der Waals surface area (Å²) in [6, 6.07) is 10.0.